The molecule has 0 atom stereocenters. The lowest BCUT2D eigenvalue weighted by molar-refractivity contribution is 0.151. The average Bonchev–Trinajstić information content (AvgIpc) is 2.94. The summed E-state index contributed by atoms with van der Waals surface area (Å²) in [7, 11) is 0. The van der Waals surface area contributed by atoms with Crippen LogP contribution in [0.3, 0.4) is 0 Å². The van der Waals surface area contributed by atoms with Gasteiger partial charge in [-0.15, -0.1) is 0 Å². The van der Waals surface area contributed by atoms with Crippen molar-refractivity contribution in [3.05, 3.63) is 29.0 Å². The van der Waals surface area contributed by atoms with Gasteiger partial charge in [-0.25, -0.2) is 4.98 Å². The van der Waals surface area contributed by atoms with Gasteiger partial charge in [0.05, 0.1) is 0 Å². The molecule has 1 saturated carbocycles. The Morgan fingerprint density at radius 1 is 1.41 bits per heavy atom. The van der Waals surface area contributed by atoms with E-state index in [2.05, 4.69) is 22.1 Å². The average molecular weight is 321 g/mol. The summed E-state index contributed by atoms with van der Waals surface area (Å²) in [5.41, 5.74) is 1.79. The minimum atomic E-state index is 0.545. The SMILES string of the molecule is CCNC(=NCCc1ccc(Cl)nc1)N1CCC2(CCC2)C1. The van der Waals surface area contributed by atoms with Crippen molar-refractivity contribution in [1.29, 1.82) is 0 Å². The summed E-state index contributed by atoms with van der Waals surface area (Å²) in [4.78, 5) is 11.4. The fraction of sp³-hybridized carbons (Fsp3) is 0.647. The van der Waals surface area contributed by atoms with Crippen LogP contribution in [0, 0.1) is 5.41 Å². The molecule has 0 unspecified atom stereocenters. The molecule has 1 aromatic rings. The van der Waals surface area contributed by atoms with Crippen LogP contribution in [0.4, 0.5) is 0 Å². The van der Waals surface area contributed by atoms with Gasteiger partial charge in [-0.2, -0.15) is 0 Å². The zero-order valence-corrected chi connectivity index (χ0v) is 14.1. The van der Waals surface area contributed by atoms with Crippen LogP contribution in [-0.2, 0) is 6.42 Å². The highest BCUT2D eigenvalue weighted by Gasteiger charge is 2.43. The van der Waals surface area contributed by atoms with Crippen molar-refractivity contribution in [3.63, 3.8) is 0 Å². The zero-order valence-electron chi connectivity index (χ0n) is 13.3. The molecule has 4 nitrogen and oxygen atoms in total. The van der Waals surface area contributed by atoms with Crippen LogP contribution in [0.1, 0.15) is 38.2 Å². The lowest BCUT2D eigenvalue weighted by atomic mass is 9.68. The lowest BCUT2D eigenvalue weighted by Crippen LogP contribution is -2.42. The van der Waals surface area contributed by atoms with Crippen molar-refractivity contribution in [3.8, 4) is 0 Å². The predicted molar refractivity (Wildman–Crippen MR) is 91.4 cm³/mol. The third kappa shape index (κ3) is 3.54. The van der Waals surface area contributed by atoms with Gasteiger partial charge in [0.1, 0.15) is 5.15 Å². The van der Waals surface area contributed by atoms with E-state index in [-0.39, 0.29) is 0 Å². The molecule has 22 heavy (non-hydrogen) atoms. The van der Waals surface area contributed by atoms with E-state index in [9.17, 15) is 0 Å². The number of hydrogen-bond donors (Lipinski definition) is 1. The van der Waals surface area contributed by atoms with Crippen LogP contribution in [0.15, 0.2) is 23.3 Å². The topological polar surface area (TPSA) is 40.5 Å². The molecule has 0 aromatic carbocycles. The van der Waals surface area contributed by atoms with E-state index in [0.29, 0.717) is 10.6 Å². The summed E-state index contributed by atoms with van der Waals surface area (Å²) in [6.45, 7) is 6.17. The van der Waals surface area contributed by atoms with Gasteiger partial charge >= 0.3 is 0 Å². The molecule has 1 aliphatic carbocycles. The van der Waals surface area contributed by atoms with Crippen LogP contribution in [-0.4, -0.2) is 42.0 Å². The quantitative estimate of drug-likeness (QED) is 0.526. The number of pyridine rings is 1. The molecule has 3 rings (SSSR count). The molecule has 2 heterocycles. The molecule has 0 bridgehead atoms. The van der Waals surface area contributed by atoms with Crippen molar-refractivity contribution >= 4 is 17.6 Å². The van der Waals surface area contributed by atoms with E-state index in [1.54, 1.807) is 0 Å². The van der Waals surface area contributed by atoms with E-state index in [4.69, 9.17) is 16.6 Å². The second-order valence-electron chi connectivity index (χ2n) is 6.50. The molecule has 0 amide bonds. The van der Waals surface area contributed by atoms with E-state index < -0.39 is 0 Å². The summed E-state index contributed by atoms with van der Waals surface area (Å²) < 4.78 is 0. The first-order valence-corrected chi connectivity index (χ1v) is 8.72. The molecule has 2 fully saturated rings. The summed E-state index contributed by atoms with van der Waals surface area (Å²) >= 11 is 5.81. The maximum absolute atomic E-state index is 5.81. The number of rotatable bonds is 4. The highest BCUT2D eigenvalue weighted by molar-refractivity contribution is 6.29. The van der Waals surface area contributed by atoms with Crippen LogP contribution < -0.4 is 5.32 Å². The normalized spacial score (nSPS) is 20.3. The third-order valence-corrected chi connectivity index (χ3v) is 5.16. The smallest absolute Gasteiger partial charge is 0.193 e. The Balaban J connectivity index is 1.57. The number of aliphatic imine (C=N–C) groups is 1. The fourth-order valence-electron chi connectivity index (χ4n) is 3.47. The van der Waals surface area contributed by atoms with Gasteiger partial charge in [0.25, 0.3) is 0 Å². The molecule has 120 valence electrons. The number of hydrogen-bond acceptors (Lipinski definition) is 2. The maximum atomic E-state index is 5.81. The van der Waals surface area contributed by atoms with Crippen molar-refractivity contribution in [2.45, 2.75) is 39.0 Å². The molecule has 1 saturated heterocycles. The van der Waals surface area contributed by atoms with Crippen LogP contribution in [0.2, 0.25) is 5.15 Å². The number of halogens is 1. The number of guanidine groups is 1. The third-order valence-electron chi connectivity index (χ3n) is 4.94. The first-order valence-electron chi connectivity index (χ1n) is 8.34. The van der Waals surface area contributed by atoms with Crippen molar-refractivity contribution in [2.24, 2.45) is 10.4 Å². The Labute approximate surface area is 138 Å². The van der Waals surface area contributed by atoms with Gasteiger partial charge in [0.15, 0.2) is 5.96 Å². The van der Waals surface area contributed by atoms with E-state index >= 15 is 0 Å². The molecule has 5 heteroatoms. The van der Waals surface area contributed by atoms with Crippen LogP contribution in [0.25, 0.3) is 0 Å². The molecular formula is C17H25ClN4. The van der Waals surface area contributed by atoms with Gasteiger partial charge in [0.2, 0.25) is 0 Å². The number of nitrogens with one attached hydrogen (secondary N) is 1. The van der Waals surface area contributed by atoms with Gasteiger partial charge in [-0.1, -0.05) is 24.1 Å². The zero-order chi connectivity index (χ0) is 15.4. The Hall–Kier alpha value is -1.29. The molecule has 2 aliphatic rings. The minimum Gasteiger partial charge on any atom is -0.357 e. The summed E-state index contributed by atoms with van der Waals surface area (Å²) in [6.07, 6.45) is 8.28. The molecule has 0 radical (unpaired) electrons. The Morgan fingerprint density at radius 3 is 2.86 bits per heavy atom. The highest BCUT2D eigenvalue weighted by Crippen LogP contribution is 2.47. The Bertz CT molecular complexity index is 522. The summed E-state index contributed by atoms with van der Waals surface area (Å²) in [5, 5.41) is 3.99. The monoisotopic (exact) mass is 320 g/mol. The second kappa shape index (κ2) is 6.86. The maximum Gasteiger partial charge on any atom is 0.193 e. The number of likely N-dealkylation sites (tertiary alicyclic amines) is 1. The van der Waals surface area contributed by atoms with Crippen molar-refractivity contribution < 1.29 is 0 Å². The van der Waals surface area contributed by atoms with Crippen molar-refractivity contribution in [2.75, 3.05) is 26.2 Å². The van der Waals surface area contributed by atoms with Gasteiger partial charge < -0.3 is 10.2 Å². The number of aromatic nitrogens is 1. The second-order valence-corrected chi connectivity index (χ2v) is 6.89. The van der Waals surface area contributed by atoms with E-state index in [0.717, 1.165) is 32.0 Å². The lowest BCUT2D eigenvalue weighted by Gasteiger charge is -2.38. The van der Waals surface area contributed by atoms with Gasteiger partial charge in [0, 0.05) is 32.4 Å². The Morgan fingerprint density at radius 2 is 2.27 bits per heavy atom. The first kappa shape index (κ1) is 15.6. The molecule has 1 aromatic heterocycles. The molecular weight excluding hydrogens is 296 g/mol. The summed E-state index contributed by atoms with van der Waals surface area (Å²) in [6, 6.07) is 3.86. The van der Waals surface area contributed by atoms with E-state index in [1.807, 2.05) is 18.3 Å². The molecule has 1 aliphatic heterocycles. The predicted octanol–water partition coefficient (Wildman–Crippen LogP) is 3.12. The van der Waals surface area contributed by atoms with Crippen molar-refractivity contribution in [1.82, 2.24) is 15.2 Å². The highest BCUT2D eigenvalue weighted by atomic mass is 35.5. The van der Waals surface area contributed by atoms with Crippen LogP contribution >= 0.6 is 11.6 Å². The minimum absolute atomic E-state index is 0.545. The van der Waals surface area contributed by atoms with Gasteiger partial charge in [-0.05, 0) is 49.7 Å². The van der Waals surface area contributed by atoms with Gasteiger partial charge in [-0.3, -0.25) is 4.99 Å². The molecule has 1 N–H and O–H groups in total. The largest absolute Gasteiger partial charge is 0.357 e. The Kier molecular flexibility index (Phi) is 4.87. The summed E-state index contributed by atoms with van der Waals surface area (Å²) in [5.74, 6) is 1.08. The fourth-order valence-corrected chi connectivity index (χ4v) is 3.58. The van der Waals surface area contributed by atoms with Crippen LogP contribution in [0.5, 0.6) is 0 Å². The first-order chi connectivity index (χ1) is 10.7. The molecule has 1 spiro atoms. The van der Waals surface area contributed by atoms with E-state index in [1.165, 1.54) is 37.8 Å². The number of nitrogens with zero attached hydrogens (tertiary/aromatic N) is 3. The standard InChI is InChI=1S/C17H25ClN4/c1-2-19-16(22-11-9-17(13-22)7-3-8-17)20-10-6-14-4-5-15(18)21-12-14/h4-5,12H,2-3,6-11,13H2,1H3,(H,19,20).